The zero-order chi connectivity index (χ0) is 15.2. The van der Waals surface area contributed by atoms with E-state index in [-0.39, 0.29) is 10.6 Å². The van der Waals surface area contributed by atoms with E-state index in [2.05, 4.69) is 41.1 Å². The van der Waals surface area contributed by atoms with Crippen LogP contribution in [0.15, 0.2) is 41.1 Å². The van der Waals surface area contributed by atoms with Crippen LogP contribution in [0.5, 0.6) is 0 Å². The van der Waals surface area contributed by atoms with Crippen molar-refractivity contribution < 1.29 is 4.92 Å². The van der Waals surface area contributed by atoms with Crippen LogP contribution < -0.4 is 5.32 Å². The largest absolute Gasteiger partial charge is 0.311 e. The summed E-state index contributed by atoms with van der Waals surface area (Å²) in [4.78, 5) is 12.4. The maximum Gasteiger partial charge on any atom is 0.269 e. The van der Waals surface area contributed by atoms with Gasteiger partial charge in [0.2, 0.25) is 0 Å². The number of thiophene rings is 1. The Balaban J connectivity index is 1.89. The topological polar surface area (TPSA) is 58.4 Å². The summed E-state index contributed by atoms with van der Waals surface area (Å²) in [6, 6.07) is 9.14. The van der Waals surface area contributed by atoms with Gasteiger partial charge in [0.25, 0.3) is 5.69 Å². The molecule has 1 aromatic heterocycles. The molecule has 0 aliphatic heterocycles. The average Bonchev–Trinajstić information content (AvgIpc) is 2.97. The first-order chi connectivity index (χ1) is 10.1. The summed E-state index contributed by atoms with van der Waals surface area (Å²) in [5.74, 6) is 0. The molecule has 2 rings (SSSR count). The molecule has 1 N–H and O–H groups in total. The van der Waals surface area contributed by atoms with E-state index < -0.39 is 0 Å². The SMILES string of the molecule is CN(C)[C@@H](CNCc1ccc([N+](=O)[O-])cc1)c1ccsc1. The summed E-state index contributed by atoms with van der Waals surface area (Å²) < 4.78 is 0. The van der Waals surface area contributed by atoms with E-state index in [1.807, 2.05) is 0 Å². The van der Waals surface area contributed by atoms with E-state index >= 15 is 0 Å². The van der Waals surface area contributed by atoms with Crippen LogP contribution >= 0.6 is 11.3 Å². The number of nitrogens with zero attached hydrogens (tertiary/aromatic N) is 2. The molecule has 1 heterocycles. The predicted molar refractivity (Wildman–Crippen MR) is 85.6 cm³/mol. The molecule has 0 radical (unpaired) electrons. The Bertz CT molecular complexity index is 567. The van der Waals surface area contributed by atoms with Crippen molar-refractivity contribution in [1.82, 2.24) is 10.2 Å². The minimum Gasteiger partial charge on any atom is -0.311 e. The highest BCUT2D eigenvalue weighted by Gasteiger charge is 2.13. The molecule has 0 aliphatic rings. The minimum absolute atomic E-state index is 0.128. The normalized spacial score (nSPS) is 12.5. The van der Waals surface area contributed by atoms with Gasteiger partial charge in [0.1, 0.15) is 0 Å². The lowest BCUT2D eigenvalue weighted by molar-refractivity contribution is -0.384. The van der Waals surface area contributed by atoms with Crippen molar-refractivity contribution in [2.45, 2.75) is 12.6 Å². The third kappa shape index (κ3) is 4.35. The second-order valence-corrected chi connectivity index (χ2v) is 5.87. The number of non-ortho nitro benzene ring substituents is 1. The number of benzene rings is 1. The van der Waals surface area contributed by atoms with Gasteiger partial charge in [-0.15, -0.1) is 0 Å². The van der Waals surface area contributed by atoms with Crippen LogP contribution in [0.2, 0.25) is 0 Å². The number of hydrogen-bond donors (Lipinski definition) is 1. The molecule has 0 aliphatic carbocycles. The zero-order valence-corrected chi connectivity index (χ0v) is 13.0. The van der Waals surface area contributed by atoms with Crippen LogP contribution in [-0.4, -0.2) is 30.5 Å². The standard InChI is InChI=1S/C15H19N3O2S/c1-17(2)15(13-7-8-21-11-13)10-16-9-12-3-5-14(6-4-12)18(19)20/h3-8,11,15-16H,9-10H2,1-2H3/t15-/m0/s1. The molecule has 0 spiro atoms. The molecular formula is C15H19N3O2S. The molecule has 0 saturated heterocycles. The third-order valence-corrected chi connectivity index (χ3v) is 4.07. The Labute approximate surface area is 128 Å². The Morgan fingerprint density at radius 3 is 2.52 bits per heavy atom. The number of hydrogen-bond acceptors (Lipinski definition) is 5. The number of nitro benzene ring substituents is 1. The van der Waals surface area contributed by atoms with Gasteiger partial charge in [-0.3, -0.25) is 10.1 Å². The Hall–Kier alpha value is -1.76. The average molecular weight is 305 g/mol. The number of likely N-dealkylation sites (N-methyl/N-ethyl adjacent to an activating group) is 1. The fourth-order valence-electron chi connectivity index (χ4n) is 2.15. The Morgan fingerprint density at radius 2 is 2.00 bits per heavy atom. The van der Waals surface area contributed by atoms with Crippen LogP contribution in [-0.2, 0) is 6.54 Å². The summed E-state index contributed by atoms with van der Waals surface area (Å²) >= 11 is 1.70. The van der Waals surface area contributed by atoms with Crippen LogP contribution in [0.4, 0.5) is 5.69 Å². The minimum atomic E-state index is -0.379. The lowest BCUT2D eigenvalue weighted by Crippen LogP contribution is -2.30. The fraction of sp³-hybridized carbons (Fsp3) is 0.333. The smallest absolute Gasteiger partial charge is 0.269 e. The Kier molecular flexibility index (Phi) is 5.44. The molecule has 0 amide bonds. The van der Waals surface area contributed by atoms with Crippen LogP contribution in [0.3, 0.4) is 0 Å². The molecule has 0 saturated carbocycles. The first-order valence-corrected chi connectivity index (χ1v) is 7.65. The maximum absolute atomic E-state index is 10.6. The van der Waals surface area contributed by atoms with Gasteiger partial charge in [-0.1, -0.05) is 12.1 Å². The van der Waals surface area contributed by atoms with Crippen LogP contribution in [0.25, 0.3) is 0 Å². The first-order valence-electron chi connectivity index (χ1n) is 6.70. The van der Waals surface area contributed by atoms with Crippen molar-refractivity contribution in [2.24, 2.45) is 0 Å². The second kappa shape index (κ2) is 7.31. The summed E-state index contributed by atoms with van der Waals surface area (Å²) in [5.41, 5.74) is 2.48. The predicted octanol–water partition coefficient (Wildman–Crippen LogP) is 3.05. The fourth-order valence-corrected chi connectivity index (χ4v) is 2.86. The maximum atomic E-state index is 10.6. The van der Waals surface area contributed by atoms with Crippen molar-refractivity contribution >= 4 is 17.0 Å². The summed E-state index contributed by atoms with van der Waals surface area (Å²) in [7, 11) is 4.13. The number of rotatable bonds is 7. The number of nitrogens with one attached hydrogen (secondary N) is 1. The van der Waals surface area contributed by atoms with Gasteiger partial charge in [0.15, 0.2) is 0 Å². The molecule has 1 aromatic carbocycles. The van der Waals surface area contributed by atoms with Crippen molar-refractivity contribution in [2.75, 3.05) is 20.6 Å². The summed E-state index contributed by atoms with van der Waals surface area (Å²) in [6.07, 6.45) is 0. The van der Waals surface area contributed by atoms with E-state index in [0.717, 1.165) is 12.1 Å². The van der Waals surface area contributed by atoms with Gasteiger partial charge >= 0.3 is 0 Å². The van der Waals surface area contributed by atoms with Crippen LogP contribution in [0, 0.1) is 10.1 Å². The molecule has 5 nitrogen and oxygen atoms in total. The van der Waals surface area contributed by atoms with Gasteiger partial charge in [0.05, 0.1) is 4.92 Å². The van der Waals surface area contributed by atoms with Crippen molar-refractivity contribution in [1.29, 1.82) is 0 Å². The third-order valence-electron chi connectivity index (χ3n) is 3.37. The molecular weight excluding hydrogens is 286 g/mol. The monoisotopic (exact) mass is 305 g/mol. The summed E-state index contributed by atoms with van der Waals surface area (Å²) in [5, 5.41) is 18.3. The molecule has 6 heteroatoms. The molecule has 0 bridgehead atoms. The van der Waals surface area contributed by atoms with E-state index in [4.69, 9.17) is 0 Å². The van der Waals surface area contributed by atoms with Crippen molar-refractivity contribution in [3.63, 3.8) is 0 Å². The zero-order valence-electron chi connectivity index (χ0n) is 12.2. The van der Waals surface area contributed by atoms with E-state index in [1.54, 1.807) is 35.6 Å². The second-order valence-electron chi connectivity index (χ2n) is 5.09. The van der Waals surface area contributed by atoms with Gasteiger partial charge < -0.3 is 10.2 Å². The lowest BCUT2D eigenvalue weighted by atomic mass is 10.1. The van der Waals surface area contributed by atoms with E-state index in [1.165, 1.54) is 5.56 Å². The van der Waals surface area contributed by atoms with Gasteiger partial charge in [-0.25, -0.2) is 0 Å². The molecule has 112 valence electrons. The molecule has 2 aromatic rings. The molecule has 0 fully saturated rings. The van der Waals surface area contributed by atoms with Gasteiger partial charge in [-0.2, -0.15) is 11.3 Å². The van der Waals surface area contributed by atoms with Gasteiger partial charge in [0, 0.05) is 31.3 Å². The van der Waals surface area contributed by atoms with Gasteiger partial charge in [-0.05, 0) is 42.0 Å². The van der Waals surface area contributed by atoms with E-state index in [9.17, 15) is 10.1 Å². The van der Waals surface area contributed by atoms with Crippen molar-refractivity contribution in [3.05, 3.63) is 62.3 Å². The molecule has 0 unspecified atom stereocenters. The Morgan fingerprint density at radius 1 is 1.29 bits per heavy atom. The molecule has 21 heavy (non-hydrogen) atoms. The highest BCUT2D eigenvalue weighted by Crippen LogP contribution is 2.20. The number of nitro groups is 1. The van der Waals surface area contributed by atoms with Crippen molar-refractivity contribution in [3.8, 4) is 0 Å². The first kappa shape index (κ1) is 15.6. The van der Waals surface area contributed by atoms with E-state index in [0.29, 0.717) is 12.6 Å². The van der Waals surface area contributed by atoms with Crippen LogP contribution in [0.1, 0.15) is 17.2 Å². The highest BCUT2D eigenvalue weighted by molar-refractivity contribution is 7.07. The lowest BCUT2D eigenvalue weighted by Gasteiger charge is -2.24. The molecule has 1 atom stereocenters. The quantitative estimate of drug-likeness (QED) is 0.631. The highest BCUT2D eigenvalue weighted by atomic mass is 32.1. The summed E-state index contributed by atoms with van der Waals surface area (Å²) in [6.45, 7) is 1.53.